The average molecular weight is 303 g/mol. The van der Waals surface area contributed by atoms with Crippen molar-refractivity contribution in [3.63, 3.8) is 0 Å². The summed E-state index contributed by atoms with van der Waals surface area (Å²) in [7, 11) is 0. The molecular weight excluding hydrogens is 280 g/mol. The Labute approximate surface area is 131 Å². The highest BCUT2D eigenvalue weighted by Crippen LogP contribution is 2.36. The molecule has 0 saturated carbocycles. The molecule has 1 aromatic heterocycles. The van der Waals surface area contributed by atoms with Crippen LogP contribution in [0.25, 0.3) is 11.1 Å². The van der Waals surface area contributed by atoms with Crippen LogP contribution in [-0.4, -0.2) is 4.98 Å². The van der Waals surface area contributed by atoms with E-state index in [0.29, 0.717) is 6.42 Å². The Kier molecular flexibility index (Phi) is 4.94. The molecule has 0 bridgehead atoms. The van der Waals surface area contributed by atoms with E-state index in [0.717, 1.165) is 17.5 Å². The molecule has 0 aliphatic carbocycles. The van der Waals surface area contributed by atoms with E-state index in [1.807, 2.05) is 12.1 Å². The predicted octanol–water partition coefficient (Wildman–Crippen LogP) is 6.06. The van der Waals surface area contributed by atoms with Crippen LogP contribution >= 0.6 is 0 Å². The summed E-state index contributed by atoms with van der Waals surface area (Å²) in [5.74, 6) is -2.77. The van der Waals surface area contributed by atoms with Crippen LogP contribution in [0.4, 0.5) is 8.78 Å². The van der Waals surface area contributed by atoms with Gasteiger partial charge in [-0.3, -0.25) is 4.98 Å². The Morgan fingerprint density at radius 2 is 1.59 bits per heavy atom. The quantitative estimate of drug-likeness (QED) is 0.654. The third-order valence-electron chi connectivity index (χ3n) is 3.72. The second kappa shape index (κ2) is 6.55. The van der Waals surface area contributed by atoms with Gasteiger partial charge in [-0.05, 0) is 35.4 Å². The zero-order valence-electron chi connectivity index (χ0n) is 13.4. The Balaban J connectivity index is 2.05. The molecule has 0 spiro atoms. The van der Waals surface area contributed by atoms with Crippen molar-refractivity contribution in [3.05, 3.63) is 54.4 Å². The van der Waals surface area contributed by atoms with Gasteiger partial charge in [-0.25, -0.2) is 8.78 Å². The van der Waals surface area contributed by atoms with Crippen molar-refractivity contribution in [2.45, 2.75) is 46.0 Å². The monoisotopic (exact) mass is 303 g/mol. The van der Waals surface area contributed by atoms with Gasteiger partial charge >= 0.3 is 0 Å². The van der Waals surface area contributed by atoms with E-state index in [1.54, 1.807) is 24.5 Å². The molecular formula is C19H23F2N. The number of rotatable bonds is 5. The molecule has 0 unspecified atom stereocenters. The maximum Gasteiger partial charge on any atom is 0.273 e. The summed E-state index contributed by atoms with van der Waals surface area (Å²) >= 11 is 0. The summed E-state index contributed by atoms with van der Waals surface area (Å²) in [5, 5.41) is 0. The molecule has 0 N–H and O–H groups in total. The van der Waals surface area contributed by atoms with Gasteiger partial charge in [0.25, 0.3) is 5.92 Å². The normalized spacial score (nSPS) is 12.4. The Morgan fingerprint density at radius 1 is 0.909 bits per heavy atom. The highest BCUT2D eigenvalue weighted by molar-refractivity contribution is 5.62. The molecule has 0 amide bonds. The molecule has 0 atom stereocenters. The molecule has 0 saturated heterocycles. The van der Waals surface area contributed by atoms with E-state index in [1.165, 1.54) is 12.1 Å². The van der Waals surface area contributed by atoms with Crippen molar-refractivity contribution in [1.82, 2.24) is 4.98 Å². The molecule has 0 radical (unpaired) electrons. The van der Waals surface area contributed by atoms with Gasteiger partial charge in [0.1, 0.15) is 0 Å². The number of halogens is 2. The van der Waals surface area contributed by atoms with E-state index < -0.39 is 5.92 Å². The lowest BCUT2D eigenvalue weighted by molar-refractivity contribution is -0.0175. The first-order valence-corrected chi connectivity index (χ1v) is 7.67. The van der Waals surface area contributed by atoms with Crippen LogP contribution in [0.2, 0.25) is 0 Å². The first-order valence-electron chi connectivity index (χ1n) is 7.67. The van der Waals surface area contributed by atoms with E-state index in [2.05, 4.69) is 25.8 Å². The minimum Gasteiger partial charge on any atom is -0.264 e. The number of hydrogen-bond acceptors (Lipinski definition) is 1. The Morgan fingerprint density at radius 3 is 2.14 bits per heavy atom. The molecule has 22 heavy (non-hydrogen) atoms. The van der Waals surface area contributed by atoms with E-state index in [4.69, 9.17) is 0 Å². The summed E-state index contributed by atoms with van der Waals surface area (Å²) < 4.78 is 28.5. The van der Waals surface area contributed by atoms with Crippen molar-refractivity contribution >= 4 is 0 Å². The van der Waals surface area contributed by atoms with Gasteiger partial charge in [0.05, 0.1) is 0 Å². The summed E-state index contributed by atoms with van der Waals surface area (Å²) in [6.45, 7) is 6.23. The zero-order valence-corrected chi connectivity index (χ0v) is 13.4. The number of benzene rings is 1. The second-order valence-electron chi connectivity index (χ2n) is 6.94. The Bertz CT molecular complexity index is 583. The minimum absolute atomic E-state index is 0.0917. The summed E-state index contributed by atoms with van der Waals surface area (Å²) in [5.41, 5.74) is 2.03. The smallest absolute Gasteiger partial charge is 0.264 e. The zero-order chi connectivity index (χ0) is 16.2. The van der Waals surface area contributed by atoms with Gasteiger partial charge in [0, 0.05) is 24.4 Å². The van der Waals surface area contributed by atoms with Crippen LogP contribution in [0.5, 0.6) is 0 Å². The molecule has 1 heterocycles. The number of alkyl halides is 2. The number of hydrogen-bond donors (Lipinski definition) is 0. The molecule has 0 fully saturated rings. The van der Waals surface area contributed by atoms with Crippen LogP contribution in [0.3, 0.4) is 0 Å². The molecule has 0 aliphatic heterocycles. The van der Waals surface area contributed by atoms with Crippen LogP contribution in [-0.2, 0) is 5.92 Å². The van der Waals surface area contributed by atoms with Crippen molar-refractivity contribution in [1.29, 1.82) is 0 Å². The molecule has 1 aromatic carbocycles. The Hall–Kier alpha value is -1.77. The van der Waals surface area contributed by atoms with Crippen LogP contribution in [0, 0.1) is 5.41 Å². The van der Waals surface area contributed by atoms with E-state index in [-0.39, 0.29) is 17.4 Å². The molecule has 1 nitrogen and oxygen atoms in total. The van der Waals surface area contributed by atoms with Crippen molar-refractivity contribution in [2.75, 3.05) is 0 Å². The summed E-state index contributed by atoms with van der Waals surface area (Å²) in [6.07, 6.45) is 4.66. The van der Waals surface area contributed by atoms with Crippen molar-refractivity contribution < 1.29 is 8.78 Å². The van der Waals surface area contributed by atoms with Crippen molar-refractivity contribution in [3.8, 4) is 11.1 Å². The first kappa shape index (κ1) is 16.6. The van der Waals surface area contributed by atoms with Crippen LogP contribution < -0.4 is 0 Å². The lowest BCUT2D eigenvalue weighted by Crippen LogP contribution is -2.15. The molecule has 2 rings (SSSR count). The van der Waals surface area contributed by atoms with Crippen LogP contribution in [0.15, 0.2) is 48.8 Å². The predicted molar refractivity (Wildman–Crippen MR) is 86.9 cm³/mol. The topological polar surface area (TPSA) is 12.9 Å². The lowest BCUT2D eigenvalue weighted by Gasteiger charge is -2.21. The summed E-state index contributed by atoms with van der Waals surface area (Å²) in [6, 6.07) is 10.3. The highest BCUT2D eigenvalue weighted by atomic mass is 19.3. The van der Waals surface area contributed by atoms with Gasteiger partial charge < -0.3 is 0 Å². The number of pyridine rings is 1. The molecule has 118 valence electrons. The van der Waals surface area contributed by atoms with Gasteiger partial charge in [-0.15, -0.1) is 0 Å². The third-order valence-corrected chi connectivity index (χ3v) is 3.72. The van der Waals surface area contributed by atoms with Crippen LogP contribution in [0.1, 0.15) is 45.6 Å². The first-order chi connectivity index (χ1) is 10.3. The second-order valence-corrected chi connectivity index (χ2v) is 6.94. The number of nitrogens with zero attached hydrogens (tertiary/aromatic N) is 1. The lowest BCUT2D eigenvalue weighted by atomic mass is 9.88. The van der Waals surface area contributed by atoms with E-state index in [9.17, 15) is 8.78 Å². The maximum absolute atomic E-state index is 14.3. The standard InChI is InChI=1S/C19H23F2N/c1-18(2,3)11-5-12-19(20,21)17-9-7-15(8-10-17)16-6-4-13-22-14-16/h4,6-10,13-14H,5,11-12H2,1-3H3. The number of aromatic nitrogens is 1. The average Bonchev–Trinajstić information content (AvgIpc) is 2.47. The minimum atomic E-state index is -2.77. The van der Waals surface area contributed by atoms with Gasteiger partial charge in [-0.2, -0.15) is 0 Å². The third kappa shape index (κ3) is 4.62. The van der Waals surface area contributed by atoms with Gasteiger partial charge in [-0.1, -0.05) is 51.1 Å². The SMILES string of the molecule is CC(C)(C)CCCC(F)(F)c1ccc(-c2cccnc2)cc1. The fourth-order valence-electron chi connectivity index (χ4n) is 2.43. The maximum atomic E-state index is 14.3. The highest BCUT2D eigenvalue weighted by Gasteiger charge is 2.31. The van der Waals surface area contributed by atoms with Gasteiger partial charge in [0.15, 0.2) is 0 Å². The summed E-state index contributed by atoms with van der Waals surface area (Å²) in [4.78, 5) is 4.05. The fraction of sp³-hybridized carbons (Fsp3) is 0.421. The molecule has 3 heteroatoms. The van der Waals surface area contributed by atoms with E-state index >= 15 is 0 Å². The van der Waals surface area contributed by atoms with Gasteiger partial charge in [0.2, 0.25) is 0 Å². The van der Waals surface area contributed by atoms with Crippen molar-refractivity contribution in [2.24, 2.45) is 5.41 Å². The largest absolute Gasteiger partial charge is 0.273 e. The fourth-order valence-corrected chi connectivity index (χ4v) is 2.43. The molecule has 2 aromatic rings. The molecule has 0 aliphatic rings.